The van der Waals surface area contributed by atoms with Crippen LogP contribution in [0, 0.1) is 16.0 Å². The molecule has 2 aromatic rings. The van der Waals surface area contributed by atoms with Crippen molar-refractivity contribution in [3.63, 3.8) is 0 Å². The second kappa shape index (κ2) is 8.16. The molecule has 1 aliphatic heterocycles. The molecule has 8 nitrogen and oxygen atoms in total. The highest BCUT2D eigenvalue weighted by Crippen LogP contribution is 2.36. The van der Waals surface area contributed by atoms with Crippen molar-refractivity contribution in [1.82, 2.24) is 4.31 Å². The average molecular weight is 430 g/mol. The van der Waals surface area contributed by atoms with Crippen molar-refractivity contribution in [2.45, 2.75) is 43.0 Å². The summed E-state index contributed by atoms with van der Waals surface area (Å²) in [6.07, 6.45) is 3.65. The Balaban J connectivity index is 1.51. The predicted octanol–water partition coefficient (Wildman–Crippen LogP) is 3.91. The Hall–Kier alpha value is -2.78. The number of ketones is 1. The zero-order valence-electron chi connectivity index (χ0n) is 16.3. The van der Waals surface area contributed by atoms with E-state index in [0.717, 1.165) is 25.7 Å². The molecule has 0 bridgehead atoms. The van der Waals surface area contributed by atoms with Gasteiger partial charge in [-0.1, -0.05) is 12.8 Å². The van der Waals surface area contributed by atoms with Crippen molar-refractivity contribution in [1.29, 1.82) is 0 Å². The maximum absolute atomic E-state index is 13.2. The third-order valence-electron chi connectivity index (χ3n) is 5.81. The zero-order valence-corrected chi connectivity index (χ0v) is 17.1. The summed E-state index contributed by atoms with van der Waals surface area (Å²) in [7, 11) is -3.71. The number of rotatable bonds is 5. The van der Waals surface area contributed by atoms with Crippen LogP contribution in [0.3, 0.4) is 0 Å². The maximum atomic E-state index is 13.2. The number of nitrogens with zero attached hydrogens (tertiary/aromatic N) is 2. The number of ether oxygens (including phenoxy) is 1. The molecule has 0 radical (unpaired) electrons. The van der Waals surface area contributed by atoms with Gasteiger partial charge in [0.25, 0.3) is 5.69 Å². The number of piperidine rings is 1. The van der Waals surface area contributed by atoms with Crippen LogP contribution in [-0.4, -0.2) is 36.0 Å². The summed E-state index contributed by atoms with van der Waals surface area (Å²) >= 11 is 0. The smallest absolute Gasteiger partial charge is 0.269 e. The van der Waals surface area contributed by atoms with Gasteiger partial charge < -0.3 is 4.74 Å². The number of hydrogen-bond acceptors (Lipinski definition) is 6. The largest absolute Gasteiger partial charge is 0.457 e. The van der Waals surface area contributed by atoms with Crippen LogP contribution < -0.4 is 4.74 Å². The fraction of sp³-hybridized carbons (Fsp3) is 0.381. The summed E-state index contributed by atoms with van der Waals surface area (Å²) in [6.45, 7) is 0.226. The molecule has 0 N–H and O–H groups in total. The number of Topliss-reactive ketones (excluding diaryl/α,β-unsaturated/α-hetero) is 1. The predicted molar refractivity (Wildman–Crippen MR) is 109 cm³/mol. The molecule has 0 aromatic heterocycles. The summed E-state index contributed by atoms with van der Waals surface area (Å²) < 4.78 is 33.6. The minimum Gasteiger partial charge on any atom is -0.457 e. The summed E-state index contributed by atoms with van der Waals surface area (Å²) in [4.78, 5) is 22.6. The molecule has 2 fully saturated rings. The summed E-state index contributed by atoms with van der Waals surface area (Å²) in [5.74, 6) is 0.827. The van der Waals surface area contributed by atoms with Gasteiger partial charge in [0.05, 0.1) is 9.82 Å². The molecule has 158 valence electrons. The Labute approximate surface area is 174 Å². The van der Waals surface area contributed by atoms with Gasteiger partial charge in [-0.2, -0.15) is 4.31 Å². The molecule has 2 atom stereocenters. The monoisotopic (exact) mass is 430 g/mol. The van der Waals surface area contributed by atoms with Gasteiger partial charge in [0.1, 0.15) is 17.3 Å². The first kappa shape index (κ1) is 20.5. The van der Waals surface area contributed by atoms with Crippen molar-refractivity contribution in [3.05, 3.63) is 58.6 Å². The molecule has 0 amide bonds. The number of nitro benzene ring substituents is 1. The van der Waals surface area contributed by atoms with E-state index in [2.05, 4.69) is 0 Å². The first-order valence-corrected chi connectivity index (χ1v) is 11.4. The SMILES string of the molecule is O=C1CCN(S(=O)(=O)c2ccc(Oc3ccc([N+](=O)[O-])cc3)cc2)[C@@H]2CCCC[C@H]12. The van der Waals surface area contributed by atoms with Crippen LogP contribution in [0.15, 0.2) is 53.4 Å². The normalized spacial score (nSPS) is 22.3. The number of nitro groups is 1. The van der Waals surface area contributed by atoms with E-state index in [-0.39, 0.29) is 41.3 Å². The molecule has 1 saturated carbocycles. The van der Waals surface area contributed by atoms with Gasteiger partial charge >= 0.3 is 0 Å². The summed E-state index contributed by atoms with van der Waals surface area (Å²) in [5.41, 5.74) is -0.0372. The first-order chi connectivity index (χ1) is 14.4. The Bertz CT molecular complexity index is 1050. The van der Waals surface area contributed by atoms with E-state index in [0.29, 0.717) is 11.5 Å². The van der Waals surface area contributed by atoms with Crippen LogP contribution in [0.2, 0.25) is 0 Å². The third kappa shape index (κ3) is 3.95. The molecule has 2 aromatic carbocycles. The standard InChI is InChI=1S/C21H22N2O6S/c24-21-13-14-22(20-4-2-1-3-19(20)21)30(27,28)18-11-9-17(10-12-18)29-16-7-5-15(6-8-16)23(25)26/h5-12,19-20H,1-4,13-14H2/t19-,20+/m0/s1. The summed E-state index contributed by atoms with van der Waals surface area (Å²) in [6, 6.07) is 11.5. The van der Waals surface area contributed by atoms with Crippen molar-refractivity contribution < 1.29 is 22.9 Å². The van der Waals surface area contributed by atoms with E-state index in [9.17, 15) is 23.3 Å². The zero-order chi connectivity index (χ0) is 21.3. The molecular formula is C21H22N2O6S. The molecule has 0 unspecified atom stereocenters. The molecule has 9 heteroatoms. The minimum atomic E-state index is -3.71. The molecule has 4 rings (SSSR count). The quantitative estimate of drug-likeness (QED) is 0.526. The van der Waals surface area contributed by atoms with Crippen molar-refractivity contribution in [3.8, 4) is 11.5 Å². The number of hydrogen-bond donors (Lipinski definition) is 0. The summed E-state index contributed by atoms with van der Waals surface area (Å²) in [5, 5.41) is 10.7. The fourth-order valence-corrected chi connectivity index (χ4v) is 5.98. The van der Waals surface area contributed by atoms with Crippen molar-refractivity contribution in [2.24, 2.45) is 5.92 Å². The van der Waals surface area contributed by atoms with Crippen LogP contribution in [0.5, 0.6) is 11.5 Å². The Morgan fingerprint density at radius 1 is 0.967 bits per heavy atom. The number of non-ortho nitro benzene ring substituents is 1. The molecule has 0 spiro atoms. The van der Waals surface area contributed by atoms with Crippen LogP contribution in [0.25, 0.3) is 0 Å². The number of fused-ring (bicyclic) bond motifs is 1. The maximum Gasteiger partial charge on any atom is 0.269 e. The van der Waals surface area contributed by atoms with Gasteiger partial charge in [-0.25, -0.2) is 8.42 Å². The number of sulfonamides is 1. The number of carbonyl (C=O) groups is 1. The minimum absolute atomic E-state index is 0.0372. The molecule has 1 aliphatic carbocycles. The fourth-order valence-electron chi connectivity index (χ4n) is 4.29. The van der Waals surface area contributed by atoms with Crippen molar-refractivity contribution in [2.75, 3.05) is 6.54 Å². The third-order valence-corrected chi connectivity index (χ3v) is 7.74. The van der Waals surface area contributed by atoms with Crippen LogP contribution in [-0.2, 0) is 14.8 Å². The van der Waals surface area contributed by atoms with Gasteiger partial charge in [0, 0.05) is 37.1 Å². The Kier molecular flexibility index (Phi) is 5.57. The van der Waals surface area contributed by atoms with E-state index in [1.807, 2.05) is 0 Å². The Morgan fingerprint density at radius 3 is 2.20 bits per heavy atom. The molecule has 1 heterocycles. The second-order valence-electron chi connectivity index (χ2n) is 7.61. The lowest BCUT2D eigenvalue weighted by Gasteiger charge is -2.42. The highest BCUT2D eigenvalue weighted by Gasteiger charge is 2.43. The van der Waals surface area contributed by atoms with Gasteiger partial charge in [0.15, 0.2) is 0 Å². The van der Waals surface area contributed by atoms with E-state index < -0.39 is 14.9 Å². The lowest BCUT2D eigenvalue weighted by atomic mass is 9.79. The number of carbonyl (C=O) groups excluding carboxylic acids is 1. The lowest BCUT2D eigenvalue weighted by Crippen LogP contribution is -2.53. The highest BCUT2D eigenvalue weighted by molar-refractivity contribution is 7.89. The Morgan fingerprint density at radius 2 is 1.57 bits per heavy atom. The second-order valence-corrected chi connectivity index (χ2v) is 9.51. The molecule has 30 heavy (non-hydrogen) atoms. The highest BCUT2D eigenvalue weighted by atomic mass is 32.2. The van der Waals surface area contributed by atoms with E-state index in [1.54, 1.807) is 12.1 Å². The first-order valence-electron chi connectivity index (χ1n) is 9.93. The number of benzene rings is 2. The van der Waals surface area contributed by atoms with Crippen LogP contribution in [0.4, 0.5) is 5.69 Å². The van der Waals surface area contributed by atoms with Gasteiger partial charge in [0.2, 0.25) is 10.0 Å². The van der Waals surface area contributed by atoms with Crippen LogP contribution >= 0.6 is 0 Å². The van der Waals surface area contributed by atoms with Crippen LogP contribution in [0.1, 0.15) is 32.1 Å². The van der Waals surface area contributed by atoms with Crippen molar-refractivity contribution >= 4 is 21.5 Å². The van der Waals surface area contributed by atoms with E-state index in [4.69, 9.17) is 4.74 Å². The van der Waals surface area contributed by atoms with Gasteiger partial charge in [-0.15, -0.1) is 0 Å². The topological polar surface area (TPSA) is 107 Å². The van der Waals surface area contributed by atoms with E-state index in [1.165, 1.54) is 40.7 Å². The molecule has 2 aliphatic rings. The van der Waals surface area contributed by atoms with Gasteiger partial charge in [-0.05, 0) is 49.2 Å². The van der Waals surface area contributed by atoms with Gasteiger partial charge in [-0.3, -0.25) is 14.9 Å². The molecule has 1 saturated heterocycles. The average Bonchev–Trinajstić information content (AvgIpc) is 2.75. The lowest BCUT2D eigenvalue weighted by molar-refractivity contribution is -0.384. The molecular weight excluding hydrogens is 408 g/mol. The van der Waals surface area contributed by atoms with E-state index >= 15 is 0 Å².